The number of anilines is 1. The summed E-state index contributed by atoms with van der Waals surface area (Å²) in [6.07, 6.45) is -0.115. The maximum absolute atomic E-state index is 12.7. The number of rotatable bonds is 6. The van der Waals surface area contributed by atoms with E-state index in [1.54, 1.807) is 0 Å². The summed E-state index contributed by atoms with van der Waals surface area (Å²) in [5.41, 5.74) is 2.69. The van der Waals surface area contributed by atoms with Gasteiger partial charge in [0.15, 0.2) is 0 Å². The van der Waals surface area contributed by atoms with E-state index in [0.717, 1.165) is 0 Å². The summed E-state index contributed by atoms with van der Waals surface area (Å²) in [6.45, 7) is 1.16. The second kappa shape index (κ2) is 9.26. The number of carbonyl (C=O) groups excluding carboxylic acids is 3. The van der Waals surface area contributed by atoms with E-state index < -0.39 is 23.5 Å². The molecule has 3 amide bonds. The van der Waals surface area contributed by atoms with Gasteiger partial charge in [0, 0.05) is 17.9 Å². The Morgan fingerprint density at radius 3 is 2.43 bits per heavy atom. The van der Waals surface area contributed by atoms with Crippen LogP contribution in [0.15, 0.2) is 29.4 Å². The van der Waals surface area contributed by atoms with Crippen LogP contribution in [0.1, 0.15) is 13.3 Å². The standard InChI is InChI=1S/C14H17FN4O4/c1-9(18-19-14(23)13(22)16-6-7-20)8-12(21)17-11-4-2-10(15)3-5-11/h2-5,20H,6-8H2,1H3,(H,16,22)(H,17,21)(H,19,23). The van der Waals surface area contributed by atoms with Gasteiger partial charge in [0.2, 0.25) is 5.91 Å². The zero-order valence-corrected chi connectivity index (χ0v) is 12.4. The van der Waals surface area contributed by atoms with Crippen LogP contribution in [-0.4, -0.2) is 41.7 Å². The lowest BCUT2D eigenvalue weighted by molar-refractivity contribution is -0.139. The van der Waals surface area contributed by atoms with Crippen molar-refractivity contribution in [1.29, 1.82) is 0 Å². The monoisotopic (exact) mass is 324 g/mol. The Bertz CT molecular complexity index is 601. The highest BCUT2D eigenvalue weighted by molar-refractivity contribution is 6.35. The molecule has 1 rings (SSSR count). The highest BCUT2D eigenvalue weighted by Crippen LogP contribution is 2.08. The number of benzene rings is 1. The Kier molecular flexibility index (Phi) is 7.34. The number of nitrogens with zero attached hydrogens (tertiary/aromatic N) is 1. The predicted molar refractivity (Wildman–Crippen MR) is 81.0 cm³/mol. The van der Waals surface area contributed by atoms with Crippen LogP contribution in [0.3, 0.4) is 0 Å². The number of hydrogen-bond donors (Lipinski definition) is 4. The molecule has 8 nitrogen and oxygen atoms in total. The molecule has 1 aromatic rings. The molecule has 9 heteroatoms. The molecule has 0 spiro atoms. The van der Waals surface area contributed by atoms with Crippen molar-refractivity contribution >= 4 is 29.1 Å². The van der Waals surface area contributed by atoms with Gasteiger partial charge in [-0.2, -0.15) is 5.10 Å². The van der Waals surface area contributed by atoms with Crippen LogP contribution in [0, 0.1) is 5.82 Å². The number of aliphatic hydroxyl groups is 1. The molecule has 0 radical (unpaired) electrons. The van der Waals surface area contributed by atoms with Crippen LogP contribution in [-0.2, 0) is 14.4 Å². The smallest absolute Gasteiger partial charge is 0.329 e. The van der Waals surface area contributed by atoms with Gasteiger partial charge in [-0.3, -0.25) is 14.4 Å². The number of hydrogen-bond acceptors (Lipinski definition) is 5. The van der Waals surface area contributed by atoms with Crippen LogP contribution < -0.4 is 16.1 Å². The summed E-state index contributed by atoms with van der Waals surface area (Å²) in [6, 6.07) is 5.24. The van der Waals surface area contributed by atoms with Crippen LogP contribution in [0.2, 0.25) is 0 Å². The van der Waals surface area contributed by atoms with E-state index in [2.05, 4.69) is 15.7 Å². The number of carbonyl (C=O) groups is 3. The van der Waals surface area contributed by atoms with Crippen LogP contribution in [0.4, 0.5) is 10.1 Å². The molecular formula is C14H17FN4O4. The molecule has 0 aliphatic carbocycles. The minimum Gasteiger partial charge on any atom is -0.395 e. The normalized spacial score (nSPS) is 10.8. The number of aliphatic hydroxyl groups excluding tert-OH is 1. The molecule has 0 aromatic heterocycles. The van der Waals surface area contributed by atoms with Crippen molar-refractivity contribution in [2.45, 2.75) is 13.3 Å². The fourth-order valence-corrected chi connectivity index (χ4v) is 1.46. The SMILES string of the molecule is CC(CC(=O)Nc1ccc(F)cc1)=NNC(=O)C(=O)NCCO. The molecule has 0 bridgehead atoms. The van der Waals surface area contributed by atoms with Gasteiger partial charge in [-0.05, 0) is 31.2 Å². The summed E-state index contributed by atoms with van der Waals surface area (Å²) >= 11 is 0. The van der Waals surface area contributed by atoms with Gasteiger partial charge in [0.05, 0.1) is 13.0 Å². The number of hydrazone groups is 1. The first-order valence-corrected chi connectivity index (χ1v) is 6.70. The van der Waals surface area contributed by atoms with E-state index in [0.29, 0.717) is 5.69 Å². The first kappa shape index (κ1) is 18.2. The Morgan fingerprint density at radius 2 is 1.83 bits per heavy atom. The van der Waals surface area contributed by atoms with Gasteiger partial charge in [-0.1, -0.05) is 0 Å². The largest absolute Gasteiger partial charge is 0.395 e. The zero-order chi connectivity index (χ0) is 17.2. The third kappa shape index (κ3) is 7.14. The van der Waals surface area contributed by atoms with Crippen LogP contribution in [0.25, 0.3) is 0 Å². The van der Waals surface area contributed by atoms with Crippen molar-refractivity contribution in [2.75, 3.05) is 18.5 Å². The Morgan fingerprint density at radius 1 is 1.17 bits per heavy atom. The topological polar surface area (TPSA) is 120 Å². The minimum atomic E-state index is -1.00. The molecule has 124 valence electrons. The molecule has 0 aliphatic rings. The Balaban J connectivity index is 2.43. The third-order valence-corrected chi connectivity index (χ3v) is 2.50. The maximum atomic E-state index is 12.7. The molecule has 4 N–H and O–H groups in total. The minimum absolute atomic E-state index is 0.0466. The first-order valence-electron chi connectivity index (χ1n) is 6.70. The fourth-order valence-electron chi connectivity index (χ4n) is 1.46. The number of amides is 3. The lowest BCUT2D eigenvalue weighted by Crippen LogP contribution is -2.39. The summed E-state index contributed by atoms with van der Waals surface area (Å²) in [5.74, 6) is -2.76. The van der Waals surface area contributed by atoms with Crippen molar-refractivity contribution in [1.82, 2.24) is 10.7 Å². The zero-order valence-electron chi connectivity index (χ0n) is 12.4. The van der Waals surface area contributed by atoms with E-state index in [1.807, 2.05) is 5.43 Å². The molecule has 23 heavy (non-hydrogen) atoms. The summed E-state index contributed by atoms with van der Waals surface area (Å²) in [5, 5.41) is 16.8. The summed E-state index contributed by atoms with van der Waals surface area (Å²) < 4.78 is 12.7. The van der Waals surface area contributed by atoms with E-state index in [9.17, 15) is 18.8 Å². The highest BCUT2D eigenvalue weighted by atomic mass is 19.1. The van der Waals surface area contributed by atoms with Crippen molar-refractivity contribution in [3.05, 3.63) is 30.1 Å². The lowest BCUT2D eigenvalue weighted by atomic mass is 10.2. The van der Waals surface area contributed by atoms with Crippen molar-refractivity contribution in [3.8, 4) is 0 Å². The van der Waals surface area contributed by atoms with E-state index in [4.69, 9.17) is 5.11 Å². The number of nitrogens with one attached hydrogen (secondary N) is 3. The molecule has 0 fully saturated rings. The fraction of sp³-hybridized carbons (Fsp3) is 0.286. The summed E-state index contributed by atoms with van der Waals surface area (Å²) in [7, 11) is 0. The molecule has 0 unspecified atom stereocenters. The molecule has 0 aliphatic heterocycles. The lowest BCUT2D eigenvalue weighted by Gasteiger charge is -2.05. The van der Waals surface area contributed by atoms with Crippen LogP contribution >= 0.6 is 0 Å². The quantitative estimate of drug-likeness (QED) is 0.328. The second-order valence-electron chi connectivity index (χ2n) is 4.50. The van der Waals surface area contributed by atoms with Crippen molar-refractivity contribution in [3.63, 3.8) is 0 Å². The van der Waals surface area contributed by atoms with Gasteiger partial charge in [-0.15, -0.1) is 0 Å². The summed E-state index contributed by atoms with van der Waals surface area (Å²) in [4.78, 5) is 34.2. The first-order chi connectivity index (χ1) is 10.9. The molecular weight excluding hydrogens is 307 g/mol. The predicted octanol–water partition coefficient (Wildman–Crippen LogP) is -0.245. The molecule has 0 atom stereocenters. The van der Waals surface area contributed by atoms with Gasteiger partial charge in [-0.25, -0.2) is 9.82 Å². The average Bonchev–Trinajstić information content (AvgIpc) is 2.52. The van der Waals surface area contributed by atoms with Gasteiger partial charge in [0.25, 0.3) is 0 Å². The third-order valence-electron chi connectivity index (χ3n) is 2.50. The van der Waals surface area contributed by atoms with E-state index >= 15 is 0 Å². The maximum Gasteiger partial charge on any atom is 0.329 e. The highest BCUT2D eigenvalue weighted by Gasteiger charge is 2.12. The van der Waals surface area contributed by atoms with Crippen molar-refractivity contribution in [2.24, 2.45) is 5.10 Å². The van der Waals surface area contributed by atoms with Crippen molar-refractivity contribution < 1.29 is 23.9 Å². The number of halogens is 1. The Hall–Kier alpha value is -2.81. The van der Waals surface area contributed by atoms with Gasteiger partial charge >= 0.3 is 11.8 Å². The second-order valence-corrected chi connectivity index (χ2v) is 4.50. The Labute approximate surface area is 131 Å². The average molecular weight is 324 g/mol. The van der Waals surface area contributed by atoms with Crippen LogP contribution in [0.5, 0.6) is 0 Å². The molecule has 0 saturated heterocycles. The van der Waals surface area contributed by atoms with E-state index in [1.165, 1.54) is 31.2 Å². The molecule has 0 heterocycles. The van der Waals surface area contributed by atoms with E-state index in [-0.39, 0.29) is 25.3 Å². The molecule has 0 saturated carbocycles. The van der Waals surface area contributed by atoms with Gasteiger partial charge in [0.1, 0.15) is 5.82 Å². The molecule has 1 aromatic carbocycles. The van der Waals surface area contributed by atoms with Gasteiger partial charge < -0.3 is 15.7 Å².